The minimum Gasteiger partial charge on any atom is -0.493 e. The van der Waals surface area contributed by atoms with Crippen molar-refractivity contribution in [2.45, 2.75) is 51.8 Å². The van der Waals surface area contributed by atoms with Crippen LogP contribution in [0.1, 0.15) is 56.0 Å². The van der Waals surface area contributed by atoms with E-state index in [9.17, 15) is 0 Å². The molecule has 0 amide bonds. The van der Waals surface area contributed by atoms with Crippen LogP contribution in [0.4, 0.5) is 0 Å². The van der Waals surface area contributed by atoms with Crippen molar-refractivity contribution in [1.82, 2.24) is 0 Å². The highest BCUT2D eigenvalue weighted by Crippen LogP contribution is 2.50. The summed E-state index contributed by atoms with van der Waals surface area (Å²) in [7, 11) is 3.34. The predicted molar refractivity (Wildman–Crippen MR) is 88.6 cm³/mol. The Labute approximate surface area is 133 Å². The van der Waals surface area contributed by atoms with E-state index in [1.165, 1.54) is 36.8 Å². The Hall–Kier alpha value is -0.890. The maximum atomic E-state index is 6.90. The largest absolute Gasteiger partial charge is 0.493 e. The van der Waals surface area contributed by atoms with Crippen LogP contribution in [-0.4, -0.2) is 14.2 Å². The van der Waals surface area contributed by atoms with E-state index in [-0.39, 0.29) is 5.38 Å². The number of aryl methyl sites for hydroxylation is 1. The van der Waals surface area contributed by atoms with Crippen LogP contribution >= 0.6 is 11.6 Å². The number of ether oxygens (including phenoxy) is 2. The second-order valence-corrected chi connectivity index (χ2v) is 7.28. The molecular weight excluding hydrogens is 284 g/mol. The summed E-state index contributed by atoms with van der Waals surface area (Å²) >= 11 is 6.90. The molecule has 0 heterocycles. The Morgan fingerprint density at radius 3 is 2.33 bits per heavy atom. The van der Waals surface area contributed by atoms with Gasteiger partial charge in [-0.1, -0.05) is 26.7 Å². The lowest BCUT2D eigenvalue weighted by Crippen LogP contribution is -2.31. The van der Waals surface area contributed by atoms with Gasteiger partial charge in [0, 0.05) is 0 Å². The SMILES string of the molecule is COc1cc(C)c(C(Cl)C2CCCCC2(C)C)cc1OC. The molecule has 0 saturated heterocycles. The van der Waals surface area contributed by atoms with Crippen molar-refractivity contribution in [3.63, 3.8) is 0 Å². The van der Waals surface area contributed by atoms with Crippen LogP contribution in [0.25, 0.3) is 0 Å². The molecule has 1 fully saturated rings. The van der Waals surface area contributed by atoms with Gasteiger partial charge in [0.15, 0.2) is 11.5 Å². The van der Waals surface area contributed by atoms with Crippen molar-refractivity contribution in [3.05, 3.63) is 23.3 Å². The van der Waals surface area contributed by atoms with Crippen LogP contribution in [0.3, 0.4) is 0 Å². The molecule has 0 N–H and O–H groups in total. The Morgan fingerprint density at radius 2 is 1.76 bits per heavy atom. The highest BCUT2D eigenvalue weighted by molar-refractivity contribution is 6.21. The van der Waals surface area contributed by atoms with E-state index >= 15 is 0 Å². The van der Waals surface area contributed by atoms with E-state index in [1.54, 1.807) is 14.2 Å². The summed E-state index contributed by atoms with van der Waals surface area (Å²) in [6.07, 6.45) is 5.06. The van der Waals surface area contributed by atoms with Crippen LogP contribution in [0, 0.1) is 18.3 Å². The molecule has 1 aromatic rings. The quantitative estimate of drug-likeness (QED) is 0.683. The highest BCUT2D eigenvalue weighted by Gasteiger charge is 2.38. The minimum absolute atomic E-state index is 0.0279. The Kier molecular flexibility index (Phi) is 5.08. The summed E-state index contributed by atoms with van der Waals surface area (Å²) in [6.45, 7) is 6.80. The molecule has 0 radical (unpaired) electrons. The van der Waals surface area contributed by atoms with Crippen LogP contribution in [0.15, 0.2) is 12.1 Å². The lowest BCUT2D eigenvalue weighted by Gasteiger charge is -2.41. The molecule has 118 valence electrons. The van der Waals surface area contributed by atoms with E-state index in [4.69, 9.17) is 21.1 Å². The summed E-state index contributed by atoms with van der Waals surface area (Å²) in [5.74, 6) is 2.03. The maximum Gasteiger partial charge on any atom is 0.161 e. The fourth-order valence-electron chi connectivity index (χ4n) is 3.57. The smallest absolute Gasteiger partial charge is 0.161 e. The zero-order valence-corrected chi connectivity index (χ0v) is 14.6. The van der Waals surface area contributed by atoms with Crippen molar-refractivity contribution >= 4 is 11.6 Å². The minimum atomic E-state index is 0.0279. The van der Waals surface area contributed by atoms with Gasteiger partial charge >= 0.3 is 0 Å². The first-order chi connectivity index (χ1) is 9.90. The molecule has 2 rings (SSSR count). The first-order valence-corrected chi connectivity index (χ1v) is 8.21. The fourth-order valence-corrected chi connectivity index (χ4v) is 4.28. The van der Waals surface area contributed by atoms with Crippen LogP contribution in [0.2, 0.25) is 0 Å². The molecule has 21 heavy (non-hydrogen) atoms. The molecule has 2 nitrogen and oxygen atoms in total. The van der Waals surface area contributed by atoms with Crippen LogP contribution in [0.5, 0.6) is 11.5 Å². The van der Waals surface area contributed by atoms with Crippen molar-refractivity contribution in [1.29, 1.82) is 0 Å². The lowest BCUT2D eigenvalue weighted by atomic mass is 9.66. The second-order valence-electron chi connectivity index (χ2n) is 6.81. The number of halogens is 1. The third kappa shape index (κ3) is 3.31. The number of rotatable bonds is 4. The van der Waals surface area contributed by atoms with Gasteiger partial charge in [-0.25, -0.2) is 0 Å². The molecule has 1 aromatic carbocycles. The van der Waals surface area contributed by atoms with Gasteiger partial charge in [0.05, 0.1) is 19.6 Å². The summed E-state index contributed by atoms with van der Waals surface area (Å²) in [5.41, 5.74) is 2.65. The first-order valence-electron chi connectivity index (χ1n) is 7.77. The third-order valence-electron chi connectivity index (χ3n) is 5.01. The zero-order valence-electron chi connectivity index (χ0n) is 13.8. The number of hydrogen-bond donors (Lipinski definition) is 0. The highest BCUT2D eigenvalue weighted by atomic mass is 35.5. The van der Waals surface area contributed by atoms with Crippen molar-refractivity contribution in [2.24, 2.45) is 11.3 Å². The normalized spacial score (nSPS) is 22.7. The van der Waals surface area contributed by atoms with E-state index in [1.807, 2.05) is 6.07 Å². The van der Waals surface area contributed by atoms with Gasteiger partial charge in [-0.05, 0) is 54.4 Å². The average Bonchev–Trinajstić information content (AvgIpc) is 2.45. The molecule has 0 aliphatic heterocycles. The molecule has 1 saturated carbocycles. The topological polar surface area (TPSA) is 18.5 Å². The van der Waals surface area contributed by atoms with Gasteiger partial charge in [-0.2, -0.15) is 0 Å². The number of methoxy groups -OCH3 is 2. The number of alkyl halides is 1. The predicted octanol–water partition coefficient (Wildman–Crippen LogP) is 5.51. The van der Waals surface area contributed by atoms with Gasteiger partial charge in [0.1, 0.15) is 0 Å². The number of hydrogen-bond acceptors (Lipinski definition) is 2. The fraction of sp³-hybridized carbons (Fsp3) is 0.667. The molecule has 1 aliphatic rings. The van der Waals surface area contributed by atoms with E-state index in [0.717, 1.165) is 11.5 Å². The van der Waals surface area contributed by atoms with Crippen molar-refractivity contribution in [2.75, 3.05) is 14.2 Å². The molecule has 0 aromatic heterocycles. The molecular formula is C18H27ClO2. The van der Waals surface area contributed by atoms with Crippen molar-refractivity contribution in [3.8, 4) is 11.5 Å². The van der Waals surface area contributed by atoms with Gasteiger partial charge in [0.2, 0.25) is 0 Å². The van der Waals surface area contributed by atoms with Gasteiger partial charge in [-0.15, -0.1) is 11.6 Å². The van der Waals surface area contributed by atoms with Gasteiger partial charge < -0.3 is 9.47 Å². The van der Waals surface area contributed by atoms with E-state index < -0.39 is 0 Å². The summed E-state index contributed by atoms with van der Waals surface area (Å²) in [4.78, 5) is 0. The lowest BCUT2D eigenvalue weighted by molar-refractivity contribution is 0.133. The van der Waals surface area contributed by atoms with E-state index in [2.05, 4.69) is 26.8 Å². The monoisotopic (exact) mass is 310 g/mol. The van der Waals surface area contributed by atoms with Crippen molar-refractivity contribution < 1.29 is 9.47 Å². The van der Waals surface area contributed by atoms with Gasteiger partial charge in [0.25, 0.3) is 0 Å². The first kappa shape index (κ1) is 16.5. The standard InChI is InChI=1S/C18H27ClO2/c1-12-10-15(20-4)16(21-5)11-13(12)17(19)14-8-6-7-9-18(14,2)3/h10-11,14,17H,6-9H2,1-5H3. The Bertz CT molecular complexity index is 496. The molecule has 0 spiro atoms. The number of benzene rings is 1. The molecule has 3 heteroatoms. The third-order valence-corrected chi connectivity index (χ3v) is 5.55. The average molecular weight is 311 g/mol. The molecule has 2 unspecified atom stereocenters. The maximum absolute atomic E-state index is 6.90. The van der Waals surface area contributed by atoms with Crippen LogP contribution in [-0.2, 0) is 0 Å². The second kappa shape index (κ2) is 6.48. The van der Waals surface area contributed by atoms with Crippen LogP contribution < -0.4 is 9.47 Å². The summed E-state index contributed by atoms with van der Waals surface area (Å²) in [5, 5.41) is 0.0279. The zero-order chi connectivity index (χ0) is 15.6. The van der Waals surface area contributed by atoms with Gasteiger partial charge in [-0.3, -0.25) is 0 Å². The molecule has 2 atom stereocenters. The molecule has 0 bridgehead atoms. The molecule has 1 aliphatic carbocycles. The Morgan fingerprint density at radius 1 is 1.14 bits per heavy atom. The summed E-state index contributed by atoms with van der Waals surface area (Å²) in [6, 6.07) is 4.08. The summed E-state index contributed by atoms with van der Waals surface area (Å²) < 4.78 is 10.8. The van der Waals surface area contributed by atoms with E-state index in [0.29, 0.717) is 11.3 Å². The Balaban J connectivity index is 2.36.